The van der Waals surface area contributed by atoms with E-state index >= 15 is 0 Å². The molecule has 4 N–H and O–H groups in total. The van der Waals surface area contributed by atoms with Crippen molar-refractivity contribution in [2.75, 3.05) is 11.5 Å². The quantitative estimate of drug-likeness (QED) is 0.174. The lowest BCUT2D eigenvalue weighted by atomic mass is 9.65. The summed E-state index contributed by atoms with van der Waals surface area (Å²) in [7, 11) is 0. The minimum atomic E-state index is -4.59. The fraction of sp³-hybridized carbons (Fsp3) is 0.250. The largest absolute Gasteiger partial charge is 0.457 e. The van der Waals surface area contributed by atoms with Crippen molar-refractivity contribution in [3.8, 4) is 23.0 Å². The van der Waals surface area contributed by atoms with E-state index in [-0.39, 0.29) is 28.3 Å². The molecule has 0 bridgehead atoms. The van der Waals surface area contributed by atoms with Crippen LogP contribution in [0.1, 0.15) is 54.4 Å². The Morgan fingerprint density at radius 1 is 0.500 bits per heavy atom. The van der Waals surface area contributed by atoms with Crippen LogP contribution in [0, 0.1) is 0 Å². The van der Waals surface area contributed by atoms with Crippen molar-refractivity contribution in [3.05, 3.63) is 107 Å². The first-order chi connectivity index (χ1) is 19.8. The van der Waals surface area contributed by atoms with E-state index in [1.165, 1.54) is 24.3 Å². The third kappa shape index (κ3) is 6.12. The predicted molar refractivity (Wildman–Crippen MR) is 149 cm³/mol. The van der Waals surface area contributed by atoms with Crippen LogP contribution in [0.3, 0.4) is 0 Å². The van der Waals surface area contributed by atoms with E-state index in [1.807, 2.05) is 24.3 Å². The van der Waals surface area contributed by atoms with E-state index in [0.29, 0.717) is 11.5 Å². The molecule has 0 aromatic heterocycles. The van der Waals surface area contributed by atoms with Gasteiger partial charge in [-0.05, 0) is 84.6 Å². The van der Waals surface area contributed by atoms with Crippen LogP contribution in [0.25, 0.3) is 0 Å². The second-order valence-electron chi connectivity index (χ2n) is 10.4. The third-order valence-electron chi connectivity index (χ3n) is 7.65. The topological polar surface area (TPSA) is 70.5 Å². The van der Waals surface area contributed by atoms with Crippen LogP contribution < -0.4 is 20.9 Å². The molecule has 0 spiro atoms. The standard InChI is InChI=1S/C32H28F6N2O2/c33-31(34,35)26-18-24(12-14-28(26)39)41-22-8-4-20(5-9-22)30(16-2-1-3-17-30)21-6-10-23(11-7-21)42-25-13-15-29(40)27(19-25)32(36,37)38/h4-15,18-19H,1-3,16-17,39-40H2. The van der Waals surface area contributed by atoms with Crippen molar-refractivity contribution in [1.82, 2.24) is 0 Å². The summed E-state index contributed by atoms with van der Waals surface area (Å²) in [5, 5.41) is 0. The Hall–Kier alpha value is -4.34. The smallest absolute Gasteiger partial charge is 0.418 e. The Bertz CT molecular complexity index is 1430. The predicted octanol–water partition coefficient (Wildman–Crippen LogP) is 9.72. The number of alkyl halides is 6. The first-order valence-electron chi connectivity index (χ1n) is 13.4. The molecule has 42 heavy (non-hydrogen) atoms. The number of hydrogen-bond acceptors (Lipinski definition) is 4. The normalized spacial score (nSPS) is 15.3. The van der Waals surface area contributed by atoms with E-state index in [9.17, 15) is 26.3 Å². The van der Waals surface area contributed by atoms with Gasteiger partial charge < -0.3 is 20.9 Å². The van der Waals surface area contributed by atoms with Gasteiger partial charge in [-0.15, -0.1) is 0 Å². The number of nitrogen functional groups attached to an aromatic ring is 2. The van der Waals surface area contributed by atoms with Crippen molar-refractivity contribution >= 4 is 11.4 Å². The number of ether oxygens (including phenoxy) is 2. The summed E-state index contributed by atoms with van der Waals surface area (Å²) < 4.78 is 90.9. The fourth-order valence-corrected chi connectivity index (χ4v) is 5.54. The Labute approximate surface area is 238 Å². The average molecular weight is 587 g/mol. The van der Waals surface area contributed by atoms with Gasteiger partial charge in [0.25, 0.3) is 0 Å². The lowest BCUT2D eigenvalue weighted by molar-refractivity contribution is -0.137. The highest BCUT2D eigenvalue weighted by atomic mass is 19.4. The molecule has 10 heteroatoms. The lowest BCUT2D eigenvalue weighted by Gasteiger charge is -2.38. The molecule has 1 aliphatic carbocycles. The van der Waals surface area contributed by atoms with E-state index in [2.05, 4.69) is 0 Å². The molecular weight excluding hydrogens is 558 g/mol. The van der Waals surface area contributed by atoms with Crippen molar-refractivity contribution in [2.45, 2.75) is 49.9 Å². The summed E-state index contributed by atoms with van der Waals surface area (Å²) in [6, 6.07) is 21.4. The molecule has 4 aromatic carbocycles. The van der Waals surface area contributed by atoms with Crippen LogP contribution in [0.4, 0.5) is 37.7 Å². The van der Waals surface area contributed by atoms with Crippen LogP contribution in [0.5, 0.6) is 23.0 Å². The molecule has 4 aromatic rings. The molecule has 0 heterocycles. The maximum absolute atomic E-state index is 13.2. The number of rotatable bonds is 6. The molecule has 1 fully saturated rings. The number of benzene rings is 4. The molecule has 220 valence electrons. The SMILES string of the molecule is Nc1ccc(Oc2ccc(C3(c4ccc(Oc5ccc(N)c(C(F)(F)F)c5)cc4)CCCCC3)cc2)cc1C(F)(F)F. The molecular formula is C32H28F6N2O2. The summed E-state index contributed by atoms with van der Waals surface area (Å²) >= 11 is 0. The zero-order valence-corrected chi connectivity index (χ0v) is 22.4. The highest BCUT2D eigenvalue weighted by molar-refractivity contribution is 5.54. The molecule has 5 rings (SSSR count). The number of anilines is 2. The Morgan fingerprint density at radius 2 is 0.857 bits per heavy atom. The molecule has 0 amide bonds. The highest BCUT2D eigenvalue weighted by Gasteiger charge is 2.36. The minimum absolute atomic E-state index is 0.0238. The second kappa shape index (κ2) is 11.2. The zero-order chi connectivity index (χ0) is 30.1. The van der Waals surface area contributed by atoms with Crippen molar-refractivity contribution in [3.63, 3.8) is 0 Å². The summed E-state index contributed by atoms with van der Waals surface area (Å²) in [6.07, 6.45) is -4.31. The third-order valence-corrected chi connectivity index (χ3v) is 7.65. The zero-order valence-electron chi connectivity index (χ0n) is 22.4. The van der Waals surface area contributed by atoms with E-state index < -0.39 is 23.5 Å². The van der Waals surface area contributed by atoms with E-state index in [0.717, 1.165) is 55.4 Å². The van der Waals surface area contributed by atoms with E-state index in [4.69, 9.17) is 20.9 Å². The molecule has 0 radical (unpaired) electrons. The first-order valence-corrected chi connectivity index (χ1v) is 13.4. The van der Waals surface area contributed by atoms with Gasteiger partial charge in [0.05, 0.1) is 11.1 Å². The van der Waals surface area contributed by atoms with Crippen molar-refractivity contribution in [1.29, 1.82) is 0 Å². The summed E-state index contributed by atoms with van der Waals surface area (Å²) in [5.41, 5.74) is 10.1. The van der Waals surface area contributed by atoms with Gasteiger partial charge in [-0.25, -0.2) is 0 Å². The Morgan fingerprint density at radius 3 is 1.21 bits per heavy atom. The minimum Gasteiger partial charge on any atom is -0.457 e. The van der Waals surface area contributed by atoms with Crippen LogP contribution in [0.2, 0.25) is 0 Å². The number of nitrogens with two attached hydrogens (primary N) is 2. The Kier molecular flexibility index (Phi) is 7.74. The maximum Gasteiger partial charge on any atom is 0.418 e. The molecule has 1 aliphatic rings. The first kappa shape index (κ1) is 29.2. The highest BCUT2D eigenvalue weighted by Crippen LogP contribution is 2.46. The van der Waals surface area contributed by atoms with Gasteiger partial charge in [0.2, 0.25) is 0 Å². The van der Waals surface area contributed by atoms with Gasteiger partial charge in [0.15, 0.2) is 0 Å². The number of halogens is 6. The summed E-state index contributed by atoms with van der Waals surface area (Å²) in [5.74, 6) is 0.813. The number of hydrogen-bond donors (Lipinski definition) is 2. The van der Waals surface area contributed by atoms with Crippen LogP contribution in [0.15, 0.2) is 84.9 Å². The fourth-order valence-electron chi connectivity index (χ4n) is 5.54. The molecule has 1 saturated carbocycles. The molecule has 0 aliphatic heterocycles. The summed E-state index contributed by atoms with van der Waals surface area (Å²) in [4.78, 5) is 0. The van der Waals surface area contributed by atoms with Gasteiger partial charge in [-0.2, -0.15) is 26.3 Å². The van der Waals surface area contributed by atoms with Gasteiger partial charge in [-0.1, -0.05) is 43.5 Å². The molecule has 4 nitrogen and oxygen atoms in total. The van der Waals surface area contributed by atoms with Gasteiger partial charge >= 0.3 is 12.4 Å². The summed E-state index contributed by atoms with van der Waals surface area (Å²) in [6.45, 7) is 0. The second-order valence-corrected chi connectivity index (χ2v) is 10.4. The molecule has 0 saturated heterocycles. The van der Waals surface area contributed by atoms with Gasteiger partial charge in [0, 0.05) is 16.8 Å². The van der Waals surface area contributed by atoms with Gasteiger partial charge in [0.1, 0.15) is 23.0 Å². The Balaban J connectivity index is 1.37. The average Bonchev–Trinajstić information content (AvgIpc) is 2.95. The lowest BCUT2D eigenvalue weighted by Crippen LogP contribution is -2.30. The van der Waals surface area contributed by atoms with E-state index in [1.54, 1.807) is 24.3 Å². The van der Waals surface area contributed by atoms with Crippen LogP contribution in [-0.2, 0) is 17.8 Å². The van der Waals surface area contributed by atoms with Crippen molar-refractivity contribution < 1.29 is 35.8 Å². The maximum atomic E-state index is 13.2. The van der Waals surface area contributed by atoms with Crippen LogP contribution >= 0.6 is 0 Å². The van der Waals surface area contributed by atoms with Crippen LogP contribution in [-0.4, -0.2) is 0 Å². The molecule has 0 unspecified atom stereocenters. The molecule has 0 atom stereocenters. The monoisotopic (exact) mass is 586 g/mol. The van der Waals surface area contributed by atoms with Crippen molar-refractivity contribution in [2.24, 2.45) is 0 Å². The van der Waals surface area contributed by atoms with Gasteiger partial charge in [-0.3, -0.25) is 0 Å².